The molecule has 0 amide bonds. The molecule has 0 bridgehead atoms. The van der Waals surface area contributed by atoms with E-state index in [9.17, 15) is 9.09 Å². The second-order valence-electron chi connectivity index (χ2n) is 9.39. The molecule has 2 aromatic rings. The molecule has 0 heterocycles. The maximum Gasteiger partial charge on any atom is 0.373 e. The van der Waals surface area contributed by atoms with Crippen molar-refractivity contribution < 1.29 is 13.6 Å². The molecule has 27 heavy (non-hydrogen) atoms. The number of halogens is 1. The first-order chi connectivity index (χ1) is 12.3. The Kier molecular flexibility index (Phi) is 6.52. The van der Waals surface area contributed by atoms with Crippen molar-refractivity contribution in [1.29, 1.82) is 0 Å². The molecule has 0 saturated carbocycles. The first kappa shape index (κ1) is 22.0. The lowest BCUT2D eigenvalue weighted by molar-refractivity contribution is 0.219. The van der Waals surface area contributed by atoms with Crippen LogP contribution >= 0.6 is 8.69 Å². The molecule has 1 unspecified atom stereocenters. The Hall–Kier alpha value is -1.28. The third-order valence-corrected chi connectivity index (χ3v) is 5.18. The molecular formula is C23H32FO2P. The van der Waals surface area contributed by atoms with Gasteiger partial charge in [0.05, 0.1) is 0 Å². The van der Waals surface area contributed by atoms with E-state index in [4.69, 9.17) is 4.52 Å². The van der Waals surface area contributed by atoms with Crippen molar-refractivity contribution >= 4 is 8.69 Å². The second-order valence-corrected chi connectivity index (χ2v) is 10.1. The predicted octanol–water partition coefficient (Wildman–Crippen LogP) is 7.19. The molecule has 0 radical (unpaired) electrons. The number of rotatable bonds is 4. The van der Waals surface area contributed by atoms with E-state index in [-0.39, 0.29) is 10.8 Å². The van der Waals surface area contributed by atoms with Gasteiger partial charge in [0.25, 0.3) is 0 Å². The number of hydrogen-bond donors (Lipinski definition) is 1. The molecule has 0 aromatic heterocycles. The molecule has 0 aliphatic heterocycles. The molecule has 0 spiro atoms. The molecular weight excluding hydrogens is 358 g/mol. The first-order valence-electron chi connectivity index (χ1n) is 9.34. The summed E-state index contributed by atoms with van der Waals surface area (Å²) in [7, 11) is -3.00. The normalized spacial score (nSPS) is 13.9. The minimum atomic E-state index is -3.00. The molecule has 1 atom stereocenters. The minimum Gasteiger partial charge on any atom is -0.325 e. The average molecular weight is 390 g/mol. The van der Waals surface area contributed by atoms with Crippen LogP contribution in [0.5, 0.6) is 0 Å². The van der Waals surface area contributed by atoms with Crippen molar-refractivity contribution in [2.75, 3.05) is 0 Å². The van der Waals surface area contributed by atoms with Gasteiger partial charge in [-0.3, -0.25) is 4.52 Å². The zero-order chi connectivity index (χ0) is 20.6. The Bertz CT molecular complexity index is 738. The summed E-state index contributed by atoms with van der Waals surface area (Å²) < 4.78 is 19.3. The van der Waals surface area contributed by atoms with Crippen LogP contribution in [0.1, 0.15) is 81.0 Å². The zero-order valence-corrected chi connectivity index (χ0v) is 18.6. The van der Waals surface area contributed by atoms with Crippen LogP contribution < -0.4 is 0 Å². The molecule has 2 rings (SSSR count). The highest BCUT2D eigenvalue weighted by molar-refractivity contribution is 7.40. The van der Waals surface area contributed by atoms with Crippen LogP contribution in [0.15, 0.2) is 36.4 Å². The molecule has 2 aromatic carbocycles. The summed E-state index contributed by atoms with van der Waals surface area (Å²) in [6, 6.07) is 12.3. The SMILES string of the molecule is Cc1ccc(C(OP(O)F)c2ccc(C)cc2C(C)(C)C)c(C(C)(C)C)c1. The van der Waals surface area contributed by atoms with Crippen molar-refractivity contribution in [3.8, 4) is 0 Å². The number of aryl methyl sites for hydroxylation is 2. The van der Waals surface area contributed by atoms with Crippen LogP contribution in [-0.4, -0.2) is 4.89 Å². The van der Waals surface area contributed by atoms with Crippen molar-refractivity contribution in [3.63, 3.8) is 0 Å². The lowest BCUT2D eigenvalue weighted by Gasteiger charge is -2.32. The molecule has 0 aliphatic carbocycles. The van der Waals surface area contributed by atoms with Gasteiger partial charge in [-0.1, -0.05) is 89.1 Å². The summed E-state index contributed by atoms with van der Waals surface area (Å²) in [5.41, 5.74) is 6.04. The highest BCUT2D eigenvalue weighted by Gasteiger charge is 2.31. The quantitative estimate of drug-likeness (QED) is 0.560. The monoisotopic (exact) mass is 390 g/mol. The van der Waals surface area contributed by atoms with Gasteiger partial charge in [0, 0.05) is 0 Å². The van der Waals surface area contributed by atoms with Crippen molar-refractivity contribution in [2.24, 2.45) is 0 Å². The Balaban J connectivity index is 2.77. The summed E-state index contributed by atoms with van der Waals surface area (Å²) in [6.45, 7) is 16.9. The Morgan fingerprint density at radius 3 is 1.48 bits per heavy atom. The van der Waals surface area contributed by atoms with E-state index in [0.29, 0.717) is 0 Å². The van der Waals surface area contributed by atoms with Crippen LogP contribution in [0.4, 0.5) is 4.20 Å². The maximum absolute atomic E-state index is 13.7. The lowest BCUT2D eigenvalue weighted by atomic mass is 9.77. The third kappa shape index (κ3) is 5.38. The van der Waals surface area contributed by atoms with Gasteiger partial charge >= 0.3 is 8.69 Å². The van der Waals surface area contributed by atoms with Crippen molar-refractivity contribution in [2.45, 2.75) is 72.3 Å². The maximum atomic E-state index is 13.7. The van der Waals surface area contributed by atoms with Gasteiger partial charge in [0.15, 0.2) is 0 Å². The van der Waals surface area contributed by atoms with Crippen LogP contribution in [-0.2, 0) is 15.4 Å². The van der Waals surface area contributed by atoms with Gasteiger partial charge in [-0.15, -0.1) is 0 Å². The van der Waals surface area contributed by atoms with E-state index in [2.05, 4.69) is 67.5 Å². The van der Waals surface area contributed by atoms with Crippen molar-refractivity contribution in [1.82, 2.24) is 0 Å². The first-order valence-corrected chi connectivity index (χ1v) is 10.4. The zero-order valence-electron chi connectivity index (χ0n) is 17.7. The fraction of sp³-hybridized carbons (Fsp3) is 0.478. The largest absolute Gasteiger partial charge is 0.373 e. The third-order valence-electron chi connectivity index (χ3n) is 4.79. The van der Waals surface area contributed by atoms with Gasteiger partial charge in [-0.05, 0) is 46.9 Å². The minimum absolute atomic E-state index is 0.135. The van der Waals surface area contributed by atoms with E-state index >= 15 is 0 Å². The summed E-state index contributed by atoms with van der Waals surface area (Å²) in [5, 5.41) is 0. The fourth-order valence-electron chi connectivity index (χ4n) is 3.46. The lowest BCUT2D eigenvalue weighted by Crippen LogP contribution is -2.21. The van der Waals surface area contributed by atoms with E-state index in [1.165, 1.54) is 0 Å². The predicted molar refractivity (Wildman–Crippen MR) is 113 cm³/mol. The van der Waals surface area contributed by atoms with Crippen LogP contribution in [0, 0.1) is 13.8 Å². The fourth-order valence-corrected chi connectivity index (χ4v) is 3.87. The standard InChI is InChI=1S/C23H32FO2P/c1-15-9-11-17(19(13-15)22(3,4)5)21(26-27(24)25)18-12-10-16(2)14-20(18)23(6,7)8/h9-14,21,25H,1-8H3. The van der Waals surface area contributed by atoms with Gasteiger partial charge < -0.3 is 4.89 Å². The molecule has 0 aliphatic rings. The summed E-state index contributed by atoms with van der Waals surface area (Å²) in [6.07, 6.45) is -0.657. The van der Waals surface area contributed by atoms with Crippen molar-refractivity contribution in [3.05, 3.63) is 69.8 Å². The summed E-state index contributed by atoms with van der Waals surface area (Å²) in [4.78, 5) is 9.52. The van der Waals surface area contributed by atoms with Gasteiger partial charge in [-0.25, -0.2) is 0 Å². The van der Waals surface area contributed by atoms with Gasteiger partial charge in [-0.2, -0.15) is 4.20 Å². The van der Waals surface area contributed by atoms with Gasteiger partial charge in [0.1, 0.15) is 6.10 Å². The highest BCUT2D eigenvalue weighted by atomic mass is 31.2. The Morgan fingerprint density at radius 1 is 0.815 bits per heavy atom. The molecule has 0 saturated heterocycles. The average Bonchev–Trinajstić information content (AvgIpc) is 2.51. The number of hydrogen-bond acceptors (Lipinski definition) is 2. The number of benzene rings is 2. The molecule has 0 fully saturated rings. The van der Waals surface area contributed by atoms with Crippen LogP contribution in [0.3, 0.4) is 0 Å². The smallest absolute Gasteiger partial charge is 0.325 e. The summed E-state index contributed by atoms with van der Waals surface area (Å²) >= 11 is 0. The van der Waals surface area contributed by atoms with E-state index in [0.717, 1.165) is 33.4 Å². The van der Waals surface area contributed by atoms with E-state index in [1.807, 2.05) is 24.3 Å². The van der Waals surface area contributed by atoms with Crippen LogP contribution in [0.25, 0.3) is 0 Å². The molecule has 2 nitrogen and oxygen atoms in total. The van der Waals surface area contributed by atoms with E-state index in [1.54, 1.807) is 0 Å². The topological polar surface area (TPSA) is 29.5 Å². The summed E-state index contributed by atoms with van der Waals surface area (Å²) in [5.74, 6) is 0. The molecule has 148 valence electrons. The van der Waals surface area contributed by atoms with Crippen LogP contribution in [0.2, 0.25) is 0 Å². The molecule has 1 N–H and O–H groups in total. The second kappa shape index (κ2) is 7.99. The van der Waals surface area contributed by atoms with Gasteiger partial charge in [0.2, 0.25) is 0 Å². The Labute approximate surface area is 164 Å². The Morgan fingerprint density at radius 2 is 1.19 bits per heavy atom. The van der Waals surface area contributed by atoms with E-state index < -0.39 is 14.8 Å². The molecule has 4 heteroatoms. The highest BCUT2D eigenvalue weighted by Crippen LogP contribution is 2.47.